The second kappa shape index (κ2) is 7.16. The Bertz CT molecular complexity index is 787. The van der Waals surface area contributed by atoms with E-state index in [0.29, 0.717) is 12.6 Å². The molecule has 4 heterocycles. The fourth-order valence-corrected chi connectivity index (χ4v) is 3.41. The van der Waals surface area contributed by atoms with Crippen LogP contribution in [0.2, 0.25) is 0 Å². The van der Waals surface area contributed by atoms with Crippen LogP contribution in [-0.2, 0) is 9.53 Å². The Labute approximate surface area is 152 Å². The van der Waals surface area contributed by atoms with Crippen LogP contribution in [0.15, 0.2) is 12.1 Å². The van der Waals surface area contributed by atoms with Gasteiger partial charge in [-0.15, -0.1) is 15.3 Å². The van der Waals surface area contributed by atoms with E-state index in [-0.39, 0.29) is 12.5 Å². The minimum atomic E-state index is 0.105. The molecule has 0 N–H and O–H groups in total. The molecule has 0 saturated carbocycles. The number of carbonyl (C=O) groups excluding carboxylic acids is 1. The summed E-state index contributed by atoms with van der Waals surface area (Å²) in [6.45, 7) is 7.11. The molecule has 4 rings (SSSR count). The number of ether oxygens (including phenoxy) is 1. The van der Waals surface area contributed by atoms with Gasteiger partial charge in [-0.2, -0.15) is 4.52 Å². The Hall–Kier alpha value is -2.26. The lowest BCUT2D eigenvalue weighted by Gasteiger charge is -2.45. The van der Waals surface area contributed by atoms with Crippen LogP contribution in [0, 0.1) is 6.92 Å². The van der Waals surface area contributed by atoms with Gasteiger partial charge in [0.2, 0.25) is 5.91 Å². The second-order valence-corrected chi connectivity index (χ2v) is 7.04. The number of nitrogens with zero attached hydrogens (tertiary/aromatic N) is 7. The van der Waals surface area contributed by atoms with Crippen molar-refractivity contribution in [3.05, 3.63) is 18.0 Å². The van der Waals surface area contributed by atoms with Crippen molar-refractivity contribution in [2.24, 2.45) is 0 Å². The molecule has 9 heteroatoms. The van der Waals surface area contributed by atoms with Gasteiger partial charge in [0.1, 0.15) is 12.4 Å². The molecule has 2 aromatic heterocycles. The Morgan fingerprint density at radius 3 is 3.00 bits per heavy atom. The molecule has 2 aliphatic heterocycles. The highest BCUT2D eigenvalue weighted by Gasteiger charge is 2.31. The number of carbonyl (C=O) groups is 1. The molecule has 2 aliphatic rings. The molecule has 140 valence electrons. The van der Waals surface area contributed by atoms with Crippen LogP contribution >= 0.6 is 0 Å². The summed E-state index contributed by atoms with van der Waals surface area (Å²) in [5.74, 6) is 1.85. The first-order chi connectivity index (χ1) is 12.6. The van der Waals surface area contributed by atoms with Gasteiger partial charge < -0.3 is 14.5 Å². The van der Waals surface area contributed by atoms with Crippen molar-refractivity contribution >= 4 is 17.4 Å². The maximum absolute atomic E-state index is 12.0. The molecule has 2 saturated heterocycles. The van der Waals surface area contributed by atoms with Crippen molar-refractivity contribution in [1.82, 2.24) is 29.6 Å². The average Bonchev–Trinajstić information content (AvgIpc) is 2.83. The number of fused-ring (bicyclic) bond motifs is 1. The van der Waals surface area contributed by atoms with E-state index in [4.69, 9.17) is 4.74 Å². The number of aryl methyl sites for hydroxylation is 1. The maximum atomic E-state index is 12.0. The molecule has 0 radical (unpaired) electrons. The molecule has 0 unspecified atom stereocenters. The number of aromatic nitrogens is 4. The van der Waals surface area contributed by atoms with Crippen LogP contribution < -0.4 is 4.90 Å². The zero-order valence-electron chi connectivity index (χ0n) is 15.3. The molecule has 0 bridgehead atoms. The monoisotopic (exact) mass is 359 g/mol. The summed E-state index contributed by atoms with van der Waals surface area (Å²) in [6, 6.07) is 4.43. The smallest absolute Gasteiger partial charge is 0.248 e. The predicted molar refractivity (Wildman–Crippen MR) is 96.2 cm³/mol. The van der Waals surface area contributed by atoms with Crippen molar-refractivity contribution in [3.63, 3.8) is 0 Å². The molecule has 0 spiro atoms. The summed E-state index contributed by atoms with van der Waals surface area (Å²) in [4.78, 5) is 18.5. The summed E-state index contributed by atoms with van der Waals surface area (Å²) >= 11 is 0. The number of anilines is 1. The standard InChI is InChI=1S/C17H25N7O2/c1-13-18-19-15-4-5-16(20-24(13)15)23-10-14(11-23)21(2)7-8-22-6-3-9-26-12-17(22)25/h4-5,14H,3,6-12H2,1-2H3. The topological polar surface area (TPSA) is 79.1 Å². The van der Waals surface area contributed by atoms with Crippen molar-refractivity contribution in [3.8, 4) is 0 Å². The Kier molecular flexibility index (Phi) is 4.73. The molecule has 26 heavy (non-hydrogen) atoms. The molecule has 0 aromatic carbocycles. The summed E-state index contributed by atoms with van der Waals surface area (Å²) < 4.78 is 7.07. The predicted octanol–water partition coefficient (Wildman–Crippen LogP) is -0.198. The summed E-state index contributed by atoms with van der Waals surface area (Å²) in [5.41, 5.74) is 0.770. The van der Waals surface area contributed by atoms with Gasteiger partial charge in [-0.25, -0.2) is 0 Å². The fraction of sp³-hybridized carbons (Fsp3) is 0.647. The first-order valence-corrected chi connectivity index (χ1v) is 9.11. The third-order valence-corrected chi connectivity index (χ3v) is 5.23. The maximum Gasteiger partial charge on any atom is 0.248 e. The van der Waals surface area contributed by atoms with Crippen molar-refractivity contribution in [1.29, 1.82) is 0 Å². The van der Waals surface area contributed by atoms with Gasteiger partial charge in [0.05, 0.1) is 0 Å². The van der Waals surface area contributed by atoms with Crippen molar-refractivity contribution in [2.45, 2.75) is 19.4 Å². The molecule has 9 nitrogen and oxygen atoms in total. The van der Waals surface area contributed by atoms with Gasteiger partial charge in [-0.1, -0.05) is 0 Å². The van der Waals surface area contributed by atoms with Crippen LogP contribution in [0.1, 0.15) is 12.2 Å². The number of likely N-dealkylation sites (N-methyl/N-ethyl adjacent to an activating group) is 1. The molecule has 2 aromatic rings. The summed E-state index contributed by atoms with van der Waals surface area (Å²) in [5, 5.41) is 12.7. The Morgan fingerprint density at radius 1 is 1.31 bits per heavy atom. The van der Waals surface area contributed by atoms with E-state index in [9.17, 15) is 4.79 Å². The van der Waals surface area contributed by atoms with Gasteiger partial charge in [0, 0.05) is 45.4 Å². The van der Waals surface area contributed by atoms with Crippen molar-refractivity contribution < 1.29 is 9.53 Å². The summed E-state index contributed by atoms with van der Waals surface area (Å²) in [6.07, 6.45) is 0.920. The van der Waals surface area contributed by atoms with Crippen LogP contribution in [0.4, 0.5) is 5.82 Å². The van der Waals surface area contributed by atoms with E-state index in [1.165, 1.54) is 0 Å². The zero-order chi connectivity index (χ0) is 18.1. The summed E-state index contributed by atoms with van der Waals surface area (Å²) in [7, 11) is 2.13. The minimum absolute atomic E-state index is 0.105. The first-order valence-electron chi connectivity index (χ1n) is 9.11. The van der Waals surface area contributed by atoms with Gasteiger partial charge >= 0.3 is 0 Å². The second-order valence-electron chi connectivity index (χ2n) is 7.04. The van der Waals surface area contributed by atoms with E-state index < -0.39 is 0 Å². The molecule has 1 amide bonds. The normalized spacial score (nSPS) is 19.3. The van der Waals surface area contributed by atoms with Gasteiger partial charge in [0.25, 0.3) is 0 Å². The van der Waals surface area contributed by atoms with E-state index in [0.717, 1.165) is 56.4 Å². The third kappa shape index (κ3) is 3.36. The number of rotatable bonds is 5. The molecule has 2 fully saturated rings. The van der Waals surface area contributed by atoms with Crippen LogP contribution in [0.25, 0.3) is 5.65 Å². The zero-order valence-corrected chi connectivity index (χ0v) is 15.3. The van der Waals surface area contributed by atoms with Crippen LogP contribution in [0.3, 0.4) is 0 Å². The van der Waals surface area contributed by atoms with E-state index in [2.05, 4.69) is 32.1 Å². The highest BCUT2D eigenvalue weighted by molar-refractivity contribution is 5.77. The van der Waals surface area contributed by atoms with Crippen molar-refractivity contribution in [2.75, 3.05) is 57.9 Å². The number of amides is 1. The lowest BCUT2D eigenvalue weighted by atomic mass is 10.1. The van der Waals surface area contributed by atoms with Crippen LogP contribution in [0.5, 0.6) is 0 Å². The lowest BCUT2D eigenvalue weighted by Crippen LogP contribution is -2.59. The van der Waals surface area contributed by atoms with E-state index in [1.807, 2.05) is 24.0 Å². The largest absolute Gasteiger partial charge is 0.372 e. The highest BCUT2D eigenvalue weighted by Crippen LogP contribution is 2.21. The Morgan fingerprint density at radius 2 is 2.15 bits per heavy atom. The van der Waals surface area contributed by atoms with Gasteiger partial charge in [0.15, 0.2) is 11.5 Å². The minimum Gasteiger partial charge on any atom is -0.372 e. The highest BCUT2D eigenvalue weighted by atomic mass is 16.5. The molecule has 0 aliphatic carbocycles. The Balaban J connectivity index is 1.29. The van der Waals surface area contributed by atoms with E-state index >= 15 is 0 Å². The fourth-order valence-electron chi connectivity index (χ4n) is 3.41. The van der Waals surface area contributed by atoms with Gasteiger partial charge in [-0.3, -0.25) is 9.69 Å². The lowest BCUT2D eigenvalue weighted by molar-refractivity contribution is -0.134. The van der Waals surface area contributed by atoms with E-state index in [1.54, 1.807) is 4.52 Å². The quantitative estimate of drug-likeness (QED) is 0.732. The molecular weight excluding hydrogens is 334 g/mol. The average molecular weight is 359 g/mol. The van der Waals surface area contributed by atoms with Crippen LogP contribution in [-0.4, -0.2) is 94.5 Å². The third-order valence-electron chi connectivity index (χ3n) is 5.23. The SMILES string of the molecule is Cc1nnc2ccc(N3CC(N(C)CCN4CCCOCC4=O)C3)nn12. The first kappa shape index (κ1) is 17.2. The number of hydrogen-bond acceptors (Lipinski definition) is 7. The van der Waals surface area contributed by atoms with Gasteiger partial charge in [-0.05, 0) is 32.5 Å². The number of hydrogen-bond donors (Lipinski definition) is 0. The molecular formula is C17H25N7O2. The molecule has 0 atom stereocenters.